The lowest BCUT2D eigenvalue weighted by molar-refractivity contribution is -0.116. The molecule has 1 rings (SSSR count). The van der Waals surface area contributed by atoms with Gasteiger partial charge < -0.3 is 4.52 Å². The third-order valence-corrected chi connectivity index (χ3v) is 4.95. The molecule has 1 heterocycles. The van der Waals surface area contributed by atoms with Gasteiger partial charge in [-0.3, -0.25) is 18.7 Å². The van der Waals surface area contributed by atoms with Crippen molar-refractivity contribution in [3.8, 4) is 5.88 Å². The Morgan fingerprint density at radius 2 is 1.86 bits per heavy atom. The Hall–Kier alpha value is -1.08. The highest BCUT2D eigenvalue weighted by Crippen LogP contribution is 2.49. The highest BCUT2D eigenvalue weighted by molar-refractivity contribution is 8.07. The summed E-state index contributed by atoms with van der Waals surface area (Å²) in [5, 5.41) is 0. The molecule has 0 saturated carbocycles. The molecule has 0 bridgehead atoms. The number of hydrogen-bond donors (Lipinski definition) is 0. The molecule has 0 unspecified atom stereocenters. The second kappa shape index (κ2) is 8.53. The third kappa shape index (κ3) is 5.28. The van der Waals surface area contributed by atoms with E-state index in [2.05, 4.69) is 9.97 Å². The summed E-state index contributed by atoms with van der Waals surface area (Å²) in [6.07, 6.45) is 0. The van der Waals surface area contributed by atoms with Crippen LogP contribution in [0.3, 0.4) is 0 Å². The Balaban J connectivity index is 3.12. The van der Waals surface area contributed by atoms with Crippen molar-refractivity contribution in [2.45, 2.75) is 34.6 Å². The number of amides is 1. The molecule has 1 aromatic heterocycles. The van der Waals surface area contributed by atoms with Crippen molar-refractivity contribution in [3.63, 3.8) is 0 Å². The van der Waals surface area contributed by atoms with Crippen LogP contribution in [0.25, 0.3) is 0 Å². The van der Waals surface area contributed by atoms with E-state index in [-0.39, 0.29) is 17.7 Å². The van der Waals surface area contributed by atoms with Gasteiger partial charge in [-0.05, 0) is 27.7 Å². The summed E-state index contributed by atoms with van der Waals surface area (Å²) in [6.45, 7) is 7.03. The summed E-state index contributed by atoms with van der Waals surface area (Å²) in [5.41, 5.74) is 0.661. The molecule has 0 radical (unpaired) electrons. The van der Waals surface area contributed by atoms with E-state index in [1.54, 1.807) is 13.0 Å². The average molecular weight is 347 g/mol. The smallest absolute Gasteiger partial charge is 0.381 e. The van der Waals surface area contributed by atoms with Crippen LogP contribution in [0.4, 0.5) is 5.95 Å². The van der Waals surface area contributed by atoms with Crippen LogP contribution in [0.5, 0.6) is 5.88 Å². The van der Waals surface area contributed by atoms with E-state index in [4.69, 9.17) is 25.4 Å². The molecule has 7 nitrogen and oxygen atoms in total. The molecule has 124 valence electrons. The van der Waals surface area contributed by atoms with Crippen molar-refractivity contribution in [1.29, 1.82) is 0 Å². The van der Waals surface area contributed by atoms with E-state index >= 15 is 0 Å². The molecule has 0 N–H and O–H groups in total. The zero-order valence-electron chi connectivity index (χ0n) is 13.5. The van der Waals surface area contributed by atoms with Crippen LogP contribution in [0, 0.1) is 6.92 Å². The number of aryl methyl sites for hydroxylation is 1. The second-order valence-corrected chi connectivity index (χ2v) is 7.22. The summed E-state index contributed by atoms with van der Waals surface area (Å²) in [4.78, 5) is 21.6. The van der Waals surface area contributed by atoms with Crippen molar-refractivity contribution in [3.05, 3.63) is 11.8 Å². The lowest BCUT2D eigenvalue weighted by Gasteiger charge is -2.22. The summed E-state index contributed by atoms with van der Waals surface area (Å²) in [7, 11) is 0. The van der Waals surface area contributed by atoms with Crippen LogP contribution in [0.1, 0.15) is 33.4 Å². The van der Waals surface area contributed by atoms with Crippen molar-refractivity contribution in [1.82, 2.24) is 9.97 Å². The van der Waals surface area contributed by atoms with Gasteiger partial charge in [0.15, 0.2) is 0 Å². The molecule has 1 amide bonds. The van der Waals surface area contributed by atoms with Gasteiger partial charge in [-0.25, -0.2) is 4.98 Å². The van der Waals surface area contributed by atoms with Crippen LogP contribution < -0.4 is 9.42 Å². The molecule has 1 aromatic rings. The molecular weight excluding hydrogens is 325 g/mol. The first-order valence-corrected chi connectivity index (χ1v) is 9.63. The van der Waals surface area contributed by atoms with Gasteiger partial charge in [0.1, 0.15) is 0 Å². The molecule has 0 aliphatic carbocycles. The van der Waals surface area contributed by atoms with E-state index in [1.807, 2.05) is 20.8 Å². The fourth-order valence-electron chi connectivity index (χ4n) is 1.72. The van der Waals surface area contributed by atoms with Crippen molar-refractivity contribution in [2.24, 2.45) is 0 Å². The average Bonchev–Trinajstić information content (AvgIpc) is 2.38. The number of hydrogen-bond acceptors (Lipinski definition) is 7. The molecule has 0 aromatic carbocycles. The molecule has 0 atom stereocenters. The maximum Gasteiger partial charge on any atom is 0.381 e. The van der Waals surface area contributed by atoms with Gasteiger partial charge in [-0.1, -0.05) is 0 Å². The molecular formula is C13H22N3O4PS. The number of aromatic nitrogens is 2. The van der Waals surface area contributed by atoms with E-state index < -0.39 is 6.72 Å². The lowest BCUT2D eigenvalue weighted by Crippen LogP contribution is -2.30. The Labute approximate surface area is 136 Å². The molecule has 0 spiro atoms. The third-order valence-electron chi connectivity index (χ3n) is 2.54. The first-order chi connectivity index (χ1) is 10.3. The first-order valence-electron chi connectivity index (χ1n) is 7.07. The minimum Gasteiger partial charge on any atom is -0.405 e. The number of anilines is 1. The van der Waals surface area contributed by atoms with Gasteiger partial charge in [0.05, 0.1) is 13.2 Å². The summed E-state index contributed by atoms with van der Waals surface area (Å²) >= 11 is 5.32. The summed E-state index contributed by atoms with van der Waals surface area (Å²) in [5.74, 6) is 0.375. The minimum atomic E-state index is -2.90. The van der Waals surface area contributed by atoms with Crippen LogP contribution in [0.2, 0.25) is 0 Å². The van der Waals surface area contributed by atoms with E-state index in [0.29, 0.717) is 25.5 Å². The number of nitrogens with zero attached hydrogens (tertiary/aromatic N) is 3. The van der Waals surface area contributed by atoms with E-state index in [1.165, 1.54) is 11.8 Å². The largest absolute Gasteiger partial charge is 0.405 e. The zero-order valence-corrected chi connectivity index (χ0v) is 15.2. The van der Waals surface area contributed by atoms with Crippen LogP contribution in [-0.2, 0) is 25.6 Å². The molecule has 0 aliphatic heterocycles. The fourth-order valence-corrected chi connectivity index (χ4v) is 3.71. The fraction of sp³-hybridized carbons (Fsp3) is 0.615. The monoisotopic (exact) mass is 347 g/mol. The van der Waals surface area contributed by atoms with Crippen LogP contribution in [0.15, 0.2) is 6.07 Å². The maximum atomic E-state index is 11.6. The van der Waals surface area contributed by atoms with E-state index in [0.717, 1.165) is 0 Å². The molecule has 22 heavy (non-hydrogen) atoms. The van der Waals surface area contributed by atoms with Gasteiger partial charge in [0.25, 0.3) is 0 Å². The van der Waals surface area contributed by atoms with Crippen LogP contribution >= 0.6 is 6.72 Å². The number of carbonyl (C=O) groups is 1. The minimum absolute atomic E-state index is 0.145. The SMILES string of the molecule is CCOP(=S)(OCC)Oc1cc(C)nc(N(CC)C(C)=O)n1. The highest BCUT2D eigenvalue weighted by Gasteiger charge is 2.23. The number of carbonyl (C=O) groups excluding carboxylic acids is 1. The summed E-state index contributed by atoms with van der Waals surface area (Å²) < 4.78 is 16.5. The standard InChI is InChI=1S/C13H22N3O4PS/c1-6-16(11(5)17)13-14-10(4)9-12(15-13)20-21(22,18-7-2)19-8-3/h9H,6-8H2,1-5H3. The van der Waals surface area contributed by atoms with Crippen molar-refractivity contribution in [2.75, 3.05) is 24.7 Å². The van der Waals surface area contributed by atoms with Gasteiger partial charge >= 0.3 is 6.72 Å². The predicted molar refractivity (Wildman–Crippen MR) is 88.6 cm³/mol. The first kappa shape index (κ1) is 19.0. The lowest BCUT2D eigenvalue weighted by atomic mass is 10.4. The van der Waals surface area contributed by atoms with Gasteiger partial charge in [0.2, 0.25) is 17.7 Å². The van der Waals surface area contributed by atoms with Crippen molar-refractivity contribution >= 4 is 30.4 Å². The van der Waals surface area contributed by atoms with Gasteiger partial charge in [-0.2, -0.15) is 4.98 Å². The topological polar surface area (TPSA) is 73.8 Å². The Kier molecular flexibility index (Phi) is 7.35. The molecule has 0 saturated heterocycles. The van der Waals surface area contributed by atoms with Crippen molar-refractivity contribution < 1.29 is 18.4 Å². The van der Waals surface area contributed by atoms with E-state index in [9.17, 15) is 4.79 Å². The Bertz CT molecular complexity index is 560. The Morgan fingerprint density at radius 3 is 2.32 bits per heavy atom. The molecule has 9 heteroatoms. The second-order valence-electron chi connectivity index (χ2n) is 4.28. The molecule has 0 aliphatic rings. The number of rotatable bonds is 8. The molecule has 0 fully saturated rings. The van der Waals surface area contributed by atoms with Crippen LogP contribution in [-0.4, -0.2) is 35.6 Å². The Morgan fingerprint density at radius 1 is 1.27 bits per heavy atom. The maximum absolute atomic E-state index is 11.6. The zero-order chi connectivity index (χ0) is 16.8. The normalized spacial score (nSPS) is 11.3. The quantitative estimate of drug-likeness (QED) is 0.669. The van der Waals surface area contributed by atoms with Gasteiger partial charge in [0, 0.05) is 37.0 Å². The predicted octanol–water partition coefficient (Wildman–Crippen LogP) is 2.83. The highest BCUT2D eigenvalue weighted by atomic mass is 32.5. The summed E-state index contributed by atoms with van der Waals surface area (Å²) in [6, 6.07) is 1.64. The van der Waals surface area contributed by atoms with Gasteiger partial charge in [-0.15, -0.1) is 0 Å².